The van der Waals surface area contributed by atoms with Crippen LogP contribution < -0.4 is 15.5 Å². The zero-order chi connectivity index (χ0) is 22.0. The summed E-state index contributed by atoms with van der Waals surface area (Å²) in [5, 5.41) is 6.14. The Bertz CT molecular complexity index is 941. The van der Waals surface area contributed by atoms with Gasteiger partial charge >= 0.3 is 0 Å². The van der Waals surface area contributed by atoms with E-state index < -0.39 is 17.7 Å². The number of carbonyl (C=O) groups is 1. The summed E-state index contributed by atoms with van der Waals surface area (Å²) in [4.78, 5) is 25.0. The van der Waals surface area contributed by atoms with Crippen LogP contribution in [0.5, 0.6) is 0 Å². The Labute approximate surface area is 184 Å². The van der Waals surface area contributed by atoms with Gasteiger partial charge in [0.25, 0.3) is 0 Å². The molecule has 2 N–H and O–H groups in total. The molecule has 2 unspecified atom stereocenters. The number of amides is 1. The van der Waals surface area contributed by atoms with Crippen molar-refractivity contribution in [3.8, 4) is 0 Å². The first-order valence-electron chi connectivity index (χ1n) is 10.4. The Kier molecular flexibility index (Phi) is 6.41. The summed E-state index contributed by atoms with van der Waals surface area (Å²) in [6, 6.07) is 3.67. The van der Waals surface area contributed by atoms with Crippen molar-refractivity contribution in [3.63, 3.8) is 0 Å². The molecule has 1 amide bonds. The molecule has 0 aliphatic carbocycles. The highest BCUT2D eigenvalue weighted by atomic mass is 35.5. The quantitative estimate of drug-likeness (QED) is 0.726. The Morgan fingerprint density at radius 3 is 2.71 bits per heavy atom. The van der Waals surface area contributed by atoms with Gasteiger partial charge in [-0.05, 0) is 43.9 Å². The van der Waals surface area contributed by atoms with E-state index in [4.69, 9.17) is 11.6 Å². The van der Waals surface area contributed by atoms with Gasteiger partial charge in [0, 0.05) is 43.4 Å². The minimum Gasteiger partial charge on any atom is -0.374 e. The molecule has 1 aromatic heterocycles. The average molecular weight is 451 g/mol. The van der Waals surface area contributed by atoms with Gasteiger partial charge in [-0.25, -0.2) is 14.4 Å². The molecule has 10 heteroatoms. The van der Waals surface area contributed by atoms with Crippen LogP contribution in [0.3, 0.4) is 0 Å². The van der Waals surface area contributed by atoms with E-state index in [9.17, 15) is 13.6 Å². The van der Waals surface area contributed by atoms with E-state index >= 15 is 0 Å². The zero-order valence-corrected chi connectivity index (χ0v) is 18.0. The number of carbonyl (C=O) groups excluding carboxylic acids is 1. The topological polar surface area (TPSA) is 73.4 Å². The number of hydrogen-bond acceptors (Lipinski definition) is 6. The van der Waals surface area contributed by atoms with Crippen molar-refractivity contribution in [2.45, 2.75) is 37.8 Å². The molecule has 7 nitrogen and oxygen atoms in total. The van der Waals surface area contributed by atoms with E-state index in [0.29, 0.717) is 31.7 Å². The molecule has 2 aromatic rings. The first-order valence-corrected chi connectivity index (χ1v) is 10.8. The van der Waals surface area contributed by atoms with Crippen LogP contribution in [0.2, 0.25) is 5.02 Å². The first-order chi connectivity index (χ1) is 15.0. The third-order valence-corrected chi connectivity index (χ3v) is 6.04. The number of nitrogens with zero attached hydrogens (tertiary/aromatic N) is 4. The van der Waals surface area contributed by atoms with E-state index in [1.165, 1.54) is 18.5 Å². The van der Waals surface area contributed by atoms with Gasteiger partial charge in [-0.2, -0.15) is 4.39 Å². The van der Waals surface area contributed by atoms with Gasteiger partial charge < -0.3 is 20.4 Å². The van der Waals surface area contributed by atoms with E-state index in [2.05, 4.69) is 20.6 Å². The predicted octanol–water partition coefficient (Wildman–Crippen LogP) is 3.52. The molecule has 31 heavy (non-hydrogen) atoms. The van der Waals surface area contributed by atoms with Crippen LogP contribution in [0.25, 0.3) is 0 Å². The number of likely N-dealkylation sites (tertiary alicyclic amines) is 1. The molecule has 2 atom stereocenters. The summed E-state index contributed by atoms with van der Waals surface area (Å²) in [5.41, 5.74) is 0.484. The standard InChI is InChI=1S/C21H25ClF2N6O/c1-25-19-18(24)20(27-12-26-19)29-6-2-4-16(11-29)30-7-3-5-17(21(30)31)28-15-9-13(22)8-14(23)10-15/h8-10,12,16-17,28H,2-7,11H2,1H3,(H,25,26,27). The molecular formula is C21H25ClF2N6O. The van der Waals surface area contributed by atoms with Crippen LogP contribution in [-0.2, 0) is 4.79 Å². The molecule has 0 saturated carbocycles. The summed E-state index contributed by atoms with van der Waals surface area (Å²) in [6.07, 6.45) is 4.49. The lowest BCUT2D eigenvalue weighted by molar-refractivity contribution is -0.137. The number of anilines is 3. The van der Waals surface area contributed by atoms with Crippen molar-refractivity contribution >= 4 is 34.8 Å². The third kappa shape index (κ3) is 4.66. The smallest absolute Gasteiger partial charge is 0.245 e. The summed E-state index contributed by atoms with van der Waals surface area (Å²) in [7, 11) is 1.61. The number of benzene rings is 1. The van der Waals surface area contributed by atoms with Crippen LogP contribution in [-0.4, -0.2) is 59.5 Å². The van der Waals surface area contributed by atoms with E-state index in [-0.39, 0.29) is 28.6 Å². The van der Waals surface area contributed by atoms with Crippen molar-refractivity contribution < 1.29 is 13.6 Å². The zero-order valence-electron chi connectivity index (χ0n) is 17.2. The molecule has 0 radical (unpaired) electrons. The molecule has 1 aromatic carbocycles. The Morgan fingerprint density at radius 2 is 1.94 bits per heavy atom. The van der Waals surface area contributed by atoms with Crippen LogP contribution in [0.15, 0.2) is 24.5 Å². The molecule has 2 aliphatic heterocycles. The Balaban J connectivity index is 1.48. The van der Waals surface area contributed by atoms with Gasteiger partial charge in [-0.3, -0.25) is 4.79 Å². The lowest BCUT2D eigenvalue weighted by Crippen LogP contribution is -2.56. The fraction of sp³-hybridized carbons (Fsp3) is 0.476. The van der Waals surface area contributed by atoms with Gasteiger partial charge in [0.1, 0.15) is 18.2 Å². The number of piperidine rings is 2. The highest BCUT2D eigenvalue weighted by Crippen LogP contribution is 2.28. The number of hydrogen-bond donors (Lipinski definition) is 2. The van der Waals surface area contributed by atoms with Crippen LogP contribution in [0, 0.1) is 11.6 Å². The van der Waals surface area contributed by atoms with Crippen LogP contribution >= 0.6 is 11.6 Å². The largest absolute Gasteiger partial charge is 0.374 e. The summed E-state index contributed by atoms with van der Waals surface area (Å²) < 4.78 is 28.4. The number of halogens is 3. The fourth-order valence-corrected chi connectivity index (χ4v) is 4.61. The lowest BCUT2D eigenvalue weighted by atomic mass is 9.97. The highest BCUT2D eigenvalue weighted by molar-refractivity contribution is 6.30. The second-order valence-electron chi connectivity index (χ2n) is 7.88. The number of aromatic nitrogens is 2. The maximum Gasteiger partial charge on any atom is 0.245 e. The average Bonchev–Trinajstić information content (AvgIpc) is 2.75. The van der Waals surface area contributed by atoms with Crippen molar-refractivity contribution in [2.24, 2.45) is 0 Å². The first kappa shape index (κ1) is 21.5. The molecule has 4 rings (SSSR count). The molecule has 3 heterocycles. The van der Waals surface area contributed by atoms with E-state index in [1.807, 2.05) is 9.80 Å². The van der Waals surface area contributed by atoms with Crippen molar-refractivity contribution in [1.82, 2.24) is 14.9 Å². The maximum absolute atomic E-state index is 14.7. The van der Waals surface area contributed by atoms with Gasteiger partial charge in [-0.15, -0.1) is 0 Å². The summed E-state index contributed by atoms with van der Waals surface area (Å²) in [6.45, 7) is 1.81. The van der Waals surface area contributed by atoms with Gasteiger partial charge in [-0.1, -0.05) is 11.6 Å². The molecule has 2 saturated heterocycles. The second-order valence-corrected chi connectivity index (χ2v) is 8.32. The van der Waals surface area contributed by atoms with Gasteiger partial charge in [0.15, 0.2) is 11.6 Å². The normalized spacial score (nSPS) is 21.9. The lowest BCUT2D eigenvalue weighted by Gasteiger charge is -2.43. The van der Waals surface area contributed by atoms with E-state index in [0.717, 1.165) is 19.3 Å². The molecular weight excluding hydrogens is 426 g/mol. The molecule has 166 valence electrons. The van der Waals surface area contributed by atoms with Crippen molar-refractivity contribution in [3.05, 3.63) is 41.2 Å². The van der Waals surface area contributed by atoms with Crippen LogP contribution in [0.4, 0.5) is 26.1 Å². The summed E-state index contributed by atoms with van der Waals surface area (Å²) >= 11 is 5.94. The summed E-state index contributed by atoms with van der Waals surface area (Å²) in [5.74, 6) is -0.571. The Morgan fingerprint density at radius 1 is 1.13 bits per heavy atom. The minimum atomic E-state index is -0.488. The molecule has 2 fully saturated rings. The minimum absolute atomic E-state index is 0.0300. The maximum atomic E-state index is 14.7. The predicted molar refractivity (Wildman–Crippen MR) is 117 cm³/mol. The molecule has 0 spiro atoms. The van der Waals surface area contributed by atoms with E-state index in [1.54, 1.807) is 13.1 Å². The second kappa shape index (κ2) is 9.21. The monoisotopic (exact) mass is 450 g/mol. The third-order valence-electron chi connectivity index (χ3n) is 5.82. The highest BCUT2D eigenvalue weighted by Gasteiger charge is 2.36. The molecule has 0 bridgehead atoms. The van der Waals surface area contributed by atoms with Crippen molar-refractivity contribution in [2.75, 3.05) is 42.2 Å². The Hall–Kier alpha value is -2.68. The SMILES string of the molecule is CNc1ncnc(N2CCCC(N3CCCC(Nc4cc(F)cc(Cl)c4)C3=O)C2)c1F. The fourth-order valence-electron chi connectivity index (χ4n) is 4.39. The molecule has 2 aliphatic rings. The van der Waals surface area contributed by atoms with Crippen molar-refractivity contribution in [1.29, 1.82) is 0 Å². The van der Waals surface area contributed by atoms with Gasteiger partial charge in [0.05, 0.1) is 0 Å². The van der Waals surface area contributed by atoms with Crippen LogP contribution in [0.1, 0.15) is 25.7 Å². The number of nitrogens with one attached hydrogen (secondary N) is 2. The van der Waals surface area contributed by atoms with Gasteiger partial charge in [0.2, 0.25) is 11.7 Å². The number of rotatable bonds is 5.